The molecule has 0 radical (unpaired) electrons. The minimum atomic E-state index is -0.440. The van der Waals surface area contributed by atoms with Crippen LogP contribution in [0.15, 0.2) is 30.3 Å². The van der Waals surface area contributed by atoms with Gasteiger partial charge in [-0.25, -0.2) is 9.18 Å². The second-order valence-electron chi connectivity index (χ2n) is 8.13. The van der Waals surface area contributed by atoms with Crippen LogP contribution in [0.2, 0.25) is 0 Å². The standard InChI is InChI=1S/C22H28FNO3S/c1-6-27-21(26)17-12-18(14(2)13-22(3,4)5)28-20(17)24-19(25)11-15-7-9-16(23)10-8-15/h7-10,12,14H,6,11,13H2,1-5H3,(H,24,25)/t14-/m0/s1. The van der Waals surface area contributed by atoms with Crippen molar-refractivity contribution in [3.63, 3.8) is 0 Å². The molecule has 2 rings (SSSR count). The molecule has 1 aromatic heterocycles. The number of halogens is 1. The van der Waals surface area contributed by atoms with Crippen molar-refractivity contribution in [3.05, 3.63) is 52.2 Å². The SMILES string of the molecule is CCOC(=O)c1cc([C@@H](C)CC(C)(C)C)sc1NC(=O)Cc1ccc(F)cc1. The van der Waals surface area contributed by atoms with E-state index in [0.29, 0.717) is 16.1 Å². The fourth-order valence-electron chi connectivity index (χ4n) is 3.08. The van der Waals surface area contributed by atoms with E-state index in [1.54, 1.807) is 19.1 Å². The number of thiophene rings is 1. The smallest absolute Gasteiger partial charge is 0.341 e. The Morgan fingerprint density at radius 1 is 1.21 bits per heavy atom. The highest BCUT2D eigenvalue weighted by molar-refractivity contribution is 7.16. The van der Waals surface area contributed by atoms with E-state index in [9.17, 15) is 14.0 Å². The maximum absolute atomic E-state index is 13.0. The molecule has 0 fully saturated rings. The van der Waals surface area contributed by atoms with E-state index < -0.39 is 5.97 Å². The van der Waals surface area contributed by atoms with Gasteiger partial charge in [-0.3, -0.25) is 4.79 Å². The third-order valence-corrected chi connectivity index (χ3v) is 5.46. The van der Waals surface area contributed by atoms with Crippen LogP contribution in [0.4, 0.5) is 9.39 Å². The van der Waals surface area contributed by atoms with Crippen molar-refractivity contribution < 1.29 is 18.7 Å². The maximum atomic E-state index is 13.0. The summed E-state index contributed by atoms with van der Waals surface area (Å²) >= 11 is 1.41. The minimum absolute atomic E-state index is 0.104. The molecule has 0 aliphatic rings. The van der Waals surface area contributed by atoms with Crippen molar-refractivity contribution in [3.8, 4) is 0 Å². The Kier molecular flexibility index (Phi) is 7.35. The normalized spacial score (nSPS) is 12.5. The number of carbonyl (C=O) groups excluding carboxylic acids is 2. The summed E-state index contributed by atoms with van der Waals surface area (Å²) in [6.07, 6.45) is 1.06. The molecular weight excluding hydrogens is 377 g/mol. The fourth-order valence-corrected chi connectivity index (χ4v) is 4.20. The van der Waals surface area contributed by atoms with Crippen LogP contribution in [0.5, 0.6) is 0 Å². The monoisotopic (exact) mass is 405 g/mol. The molecule has 1 aromatic carbocycles. The largest absolute Gasteiger partial charge is 0.462 e. The third-order valence-electron chi connectivity index (χ3n) is 4.18. The number of amides is 1. The van der Waals surface area contributed by atoms with Gasteiger partial charge in [0.25, 0.3) is 0 Å². The Labute approximate surface area is 170 Å². The van der Waals surface area contributed by atoms with Crippen LogP contribution in [0.1, 0.15) is 67.8 Å². The van der Waals surface area contributed by atoms with Gasteiger partial charge in [-0.05, 0) is 48.4 Å². The van der Waals surface area contributed by atoms with Crippen molar-refractivity contribution in [2.24, 2.45) is 5.41 Å². The van der Waals surface area contributed by atoms with Gasteiger partial charge < -0.3 is 10.1 Å². The molecule has 1 atom stereocenters. The number of hydrogen-bond donors (Lipinski definition) is 1. The van der Waals surface area contributed by atoms with Crippen LogP contribution < -0.4 is 5.32 Å². The van der Waals surface area contributed by atoms with Gasteiger partial charge >= 0.3 is 5.97 Å². The molecule has 0 spiro atoms. The first-order chi connectivity index (χ1) is 13.1. The van der Waals surface area contributed by atoms with E-state index in [1.165, 1.54) is 23.5 Å². The second-order valence-corrected chi connectivity index (χ2v) is 9.21. The van der Waals surface area contributed by atoms with E-state index in [0.717, 1.165) is 11.3 Å². The van der Waals surface area contributed by atoms with E-state index in [4.69, 9.17) is 4.74 Å². The summed E-state index contributed by atoms with van der Waals surface area (Å²) in [4.78, 5) is 25.8. The molecule has 28 heavy (non-hydrogen) atoms. The highest BCUT2D eigenvalue weighted by Gasteiger charge is 2.24. The molecule has 4 nitrogen and oxygen atoms in total. The first-order valence-electron chi connectivity index (χ1n) is 9.44. The van der Waals surface area contributed by atoms with Crippen LogP contribution in [-0.4, -0.2) is 18.5 Å². The van der Waals surface area contributed by atoms with Gasteiger partial charge in [0.05, 0.1) is 18.6 Å². The molecule has 1 amide bonds. The van der Waals surface area contributed by atoms with Gasteiger partial charge in [0.15, 0.2) is 0 Å². The molecule has 0 saturated heterocycles. The van der Waals surface area contributed by atoms with Crippen LogP contribution >= 0.6 is 11.3 Å². The summed E-state index contributed by atoms with van der Waals surface area (Å²) in [6, 6.07) is 7.62. The Hall–Kier alpha value is -2.21. The summed E-state index contributed by atoms with van der Waals surface area (Å²) in [5, 5.41) is 3.34. The fraction of sp³-hybridized carbons (Fsp3) is 0.455. The van der Waals surface area contributed by atoms with Gasteiger partial charge in [-0.15, -0.1) is 11.3 Å². The van der Waals surface area contributed by atoms with Crippen LogP contribution in [-0.2, 0) is 16.0 Å². The summed E-state index contributed by atoms with van der Waals surface area (Å²) in [6.45, 7) is 10.7. The Balaban J connectivity index is 2.21. The van der Waals surface area contributed by atoms with Crippen LogP contribution in [0.3, 0.4) is 0 Å². The average molecular weight is 406 g/mol. The predicted molar refractivity (Wildman–Crippen MR) is 111 cm³/mol. The number of anilines is 1. The number of benzene rings is 1. The molecule has 0 aliphatic carbocycles. The van der Waals surface area contributed by atoms with Crippen LogP contribution in [0.25, 0.3) is 0 Å². The zero-order valence-corrected chi connectivity index (χ0v) is 17.9. The third kappa shape index (κ3) is 6.44. The van der Waals surface area contributed by atoms with Crippen molar-refractivity contribution >= 4 is 28.2 Å². The number of rotatable bonds is 7. The number of carbonyl (C=O) groups is 2. The predicted octanol–water partition coefficient (Wildman–Crippen LogP) is 5.78. The molecule has 152 valence electrons. The average Bonchev–Trinajstić information content (AvgIpc) is 2.99. The Morgan fingerprint density at radius 2 is 1.86 bits per heavy atom. The summed E-state index contributed by atoms with van der Waals surface area (Å²) in [5.74, 6) is -0.788. The summed E-state index contributed by atoms with van der Waals surface area (Å²) < 4.78 is 18.2. The van der Waals surface area contributed by atoms with E-state index in [1.807, 2.05) is 6.07 Å². The van der Waals surface area contributed by atoms with E-state index >= 15 is 0 Å². The minimum Gasteiger partial charge on any atom is -0.462 e. The Bertz CT molecular complexity index is 821. The molecule has 0 aliphatic heterocycles. The van der Waals surface area contributed by atoms with Crippen molar-refractivity contribution in [2.75, 3.05) is 11.9 Å². The van der Waals surface area contributed by atoms with Crippen molar-refractivity contribution in [1.29, 1.82) is 0 Å². The highest BCUT2D eigenvalue weighted by Crippen LogP contribution is 2.38. The van der Waals surface area contributed by atoms with Gasteiger partial charge in [-0.2, -0.15) is 0 Å². The number of hydrogen-bond acceptors (Lipinski definition) is 4. The van der Waals surface area contributed by atoms with E-state index in [-0.39, 0.29) is 36.1 Å². The number of ether oxygens (including phenoxy) is 1. The van der Waals surface area contributed by atoms with Crippen molar-refractivity contribution in [2.45, 2.75) is 53.4 Å². The summed E-state index contributed by atoms with van der Waals surface area (Å²) in [5.41, 5.74) is 1.24. The highest BCUT2D eigenvalue weighted by atomic mass is 32.1. The van der Waals surface area contributed by atoms with Gasteiger partial charge in [-0.1, -0.05) is 39.8 Å². The number of nitrogens with one attached hydrogen (secondary N) is 1. The lowest BCUT2D eigenvalue weighted by Gasteiger charge is -2.22. The van der Waals surface area contributed by atoms with Crippen molar-refractivity contribution in [1.82, 2.24) is 0 Å². The lowest BCUT2D eigenvalue weighted by atomic mass is 9.85. The second kappa shape index (κ2) is 9.32. The summed E-state index contributed by atoms with van der Waals surface area (Å²) in [7, 11) is 0. The molecule has 2 aromatic rings. The molecule has 1 heterocycles. The molecule has 0 saturated carbocycles. The lowest BCUT2D eigenvalue weighted by Crippen LogP contribution is -2.16. The van der Waals surface area contributed by atoms with Gasteiger partial charge in [0.1, 0.15) is 10.8 Å². The van der Waals surface area contributed by atoms with Gasteiger partial charge in [0, 0.05) is 4.88 Å². The lowest BCUT2D eigenvalue weighted by molar-refractivity contribution is -0.115. The zero-order chi connectivity index (χ0) is 20.9. The molecule has 6 heteroatoms. The zero-order valence-electron chi connectivity index (χ0n) is 17.1. The van der Waals surface area contributed by atoms with Crippen LogP contribution in [0, 0.1) is 11.2 Å². The van der Waals surface area contributed by atoms with E-state index in [2.05, 4.69) is 33.0 Å². The first-order valence-corrected chi connectivity index (χ1v) is 10.3. The molecule has 0 bridgehead atoms. The molecule has 1 N–H and O–H groups in total. The molecular formula is C22H28FNO3S. The quantitative estimate of drug-likeness (QED) is 0.594. The van der Waals surface area contributed by atoms with Gasteiger partial charge in [0.2, 0.25) is 5.91 Å². The first kappa shape index (κ1) is 22.1. The topological polar surface area (TPSA) is 55.4 Å². The Morgan fingerprint density at radius 3 is 2.43 bits per heavy atom. The maximum Gasteiger partial charge on any atom is 0.341 e. The molecule has 0 unspecified atom stereocenters. The number of esters is 1.